The molecular formula is C20H22Cl2N2O4S. The molecule has 1 fully saturated rings. The number of methoxy groups -OCH3 is 1. The Kier molecular flexibility index (Phi) is 7.05. The van der Waals surface area contributed by atoms with Crippen LogP contribution >= 0.6 is 23.2 Å². The van der Waals surface area contributed by atoms with Crippen LogP contribution in [0, 0.1) is 0 Å². The number of carbonyl (C=O) groups is 1. The predicted octanol–water partition coefficient (Wildman–Crippen LogP) is 3.23. The van der Waals surface area contributed by atoms with Crippen LogP contribution in [0.5, 0.6) is 5.75 Å². The maximum absolute atomic E-state index is 12.7. The second kappa shape index (κ2) is 9.34. The van der Waals surface area contributed by atoms with Gasteiger partial charge in [-0.05, 0) is 36.4 Å². The van der Waals surface area contributed by atoms with Crippen molar-refractivity contribution in [2.75, 3.05) is 45.6 Å². The fourth-order valence-corrected chi connectivity index (χ4v) is 4.97. The van der Waals surface area contributed by atoms with Crippen LogP contribution in [0.15, 0.2) is 47.4 Å². The molecule has 0 bridgehead atoms. The minimum atomic E-state index is -3.41. The first kappa shape index (κ1) is 21.9. The zero-order chi connectivity index (χ0) is 21.0. The van der Waals surface area contributed by atoms with Crippen molar-refractivity contribution in [2.45, 2.75) is 4.90 Å². The maximum Gasteiger partial charge on any atom is 0.255 e. The molecule has 0 atom stereocenters. The predicted molar refractivity (Wildman–Crippen MR) is 114 cm³/mol. The van der Waals surface area contributed by atoms with Gasteiger partial charge >= 0.3 is 0 Å². The van der Waals surface area contributed by atoms with E-state index in [2.05, 4.69) is 0 Å². The van der Waals surface area contributed by atoms with E-state index in [0.717, 1.165) is 0 Å². The largest absolute Gasteiger partial charge is 0.497 e. The lowest BCUT2D eigenvalue weighted by molar-refractivity contribution is 0.0644. The Morgan fingerprint density at radius 1 is 1.07 bits per heavy atom. The van der Waals surface area contributed by atoms with E-state index in [9.17, 15) is 13.2 Å². The van der Waals surface area contributed by atoms with E-state index in [-0.39, 0.29) is 16.6 Å². The van der Waals surface area contributed by atoms with E-state index in [0.29, 0.717) is 54.1 Å². The number of ether oxygens (including phenoxy) is 1. The normalized spacial score (nSPS) is 15.3. The van der Waals surface area contributed by atoms with E-state index >= 15 is 0 Å². The van der Waals surface area contributed by atoms with Gasteiger partial charge in [0.05, 0.1) is 28.3 Å². The second-order valence-electron chi connectivity index (χ2n) is 6.76. The van der Waals surface area contributed by atoms with Crippen LogP contribution in [0.4, 0.5) is 0 Å². The minimum absolute atomic E-state index is 0.0110. The molecule has 2 aromatic rings. The molecule has 6 nitrogen and oxygen atoms in total. The summed E-state index contributed by atoms with van der Waals surface area (Å²) in [5.41, 5.74) is 0.421. The lowest BCUT2D eigenvalue weighted by atomic mass is 10.2. The lowest BCUT2D eigenvalue weighted by Gasteiger charge is -2.34. The third-order valence-corrected chi connectivity index (χ3v) is 7.14. The molecule has 0 spiro atoms. The molecule has 2 aromatic carbocycles. The number of nitrogens with zero attached hydrogens (tertiary/aromatic N) is 2. The molecular weight excluding hydrogens is 435 g/mol. The van der Waals surface area contributed by atoms with E-state index in [4.69, 9.17) is 27.9 Å². The molecule has 9 heteroatoms. The second-order valence-corrected chi connectivity index (χ2v) is 9.71. The molecule has 1 amide bonds. The monoisotopic (exact) mass is 456 g/mol. The van der Waals surface area contributed by atoms with Crippen LogP contribution < -0.4 is 4.74 Å². The highest BCUT2D eigenvalue weighted by Crippen LogP contribution is 2.23. The summed E-state index contributed by atoms with van der Waals surface area (Å²) in [6, 6.07) is 11.3. The molecule has 0 unspecified atom stereocenters. The summed E-state index contributed by atoms with van der Waals surface area (Å²) in [5.74, 6) is 0.381. The average molecular weight is 457 g/mol. The molecule has 0 saturated carbocycles. The Labute approximate surface area is 180 Å². The molecule has 156 valence electrons. The zero-order valence-corrected chi connectivity index (χ0v) is 18.3. The molecule has 3 rings (SSSR count). The Morgan fingerprint density at radius 2 is 1.79 bits per heavy atom. The number of amides is 1. The van der Waals surface area contributed by atoms with Gasteiger partial charge in [-0.3, -0.25) is 9.69 Å². The van der Waals surface area contributed by atoms with Crippen LogP contribution in [0.25, 0.3) is 0 Å². The number of rotatable bonds is 6. The van der Waals surface area contributed by atoms with Gasteiger partial charge in [-0.25, -0.2) is 8.42 Å². The van der Waals surface area contributed by atoms with Crippen molar-refractivity contribution in [1.29, 1.82) is 0 Å². The highest BCUT2D eigenvalue weighted by molar-refractivity contribution is 7.91. The van der Waals surface area contributed by atoms with Gasteiger partial charge < -0.3 is 9.64 Å². The van der Waals surface area contributed by atoms with Crippen molar-refractivity contribution >= 4 is 38.9 Å². The molecule has 1 saturated heterocycles. The Morgan fingerprint density at radius 3 is 2.45 bits per heavy atom. The number of hydrogen-bond acceptors (Lipinski definition) is 5. The van der Waals surface area contributed by atoms with Gasteiger partial charge in [-0.15, -0.1) is 0 Å². The van der Waals surface area contributed by atoms with E-state index in [1.165, 1.54) is 13.2 Å². The number of piperazine rings is 1. The third-order valence-electron chi connectivity index (χ3n) is 4.90. The van der Waals surface area contributed by atoms with Gasteiger partial charge in [-0.1, -0.05) is 29.3 Å². The molecule has 1 aliphatic heterocycles. The van der Waals surface area contributed by atoms with Crippen LogP contribution in [0.2, 0.25) is 10.0 Å². The van der Waals surface area contributed by atoms with Crippen molar-refractivity contribution in [2.24, 2.45) is 0 Å². The van der Waals surface area contributed by atoms with Crippen LogP contribution in [0.1, 0.15) is 10.4 Å². The highest BCUT2D eigenvalue weighted by atomic mass is 35.5. The maximum atomic E-state index is 12.7. The van der Waals surface area contributed by atoms with Crippen LogP contribution in [-0.2, 0) is 9.84 Å². The first-order valence-corrected chi connectivity index (χ1v) is 11.5. The summed E-state index contributed by atoms with van der Waals surface area (Å²) < 4.78 is 30.3. The number of benzene rings is 2. The van der Waals surface area contributed by atoms with Crippen LogP contribution in [0.3, 0.4) is 0 Å². The summed E-state index contributed by atoms with van der Waals surface area (Å²) in [6.45, 7) is 2.63. The summed E-state index contributed by atoms with van der Waals surface area (Å²) in [7, 11) is -1.90. The summed E-state index contributed by atoms with van der Waals surface area (Å²) in [6.07, 6.45) is 0. The number of halogens is 2. The fraction of sp³-hybridized carbons (Fsp3) is 0.350. The summed E-state index contributed by atoms with van der Waals surface area (Å²) in [4.78, 5) is 16.7. The quantitative estimate of drug-likeness (QED) is 0.667. The number of sulfone groups is 1. The summed E-state index contributed by atoms with van der Waals surface area (Å²) in [5, 5.41) is 0.808. The highest BCUT2D eigenvalue weighted by Gasteiger charge is 2.25. The molecule has 29 heavy (non-hydrogen) atoms. The fourth-order valence-electron chi connectivity index (χ4n) is 3.17. The van der Waals surface area contributed by atoms with Gasteiger partial charge in [0.15, 0.2) is 9.84 Å². The average Bonchev–Trinajstić information content (AvgIpc) is 2.72. The molecule has 0 N–H and O–H groups in total. The standard InChI is InChI=1S/C20H22Cl2N2O4S/c1-28-16-3-2-4-17(14-16)29(26,27)12-11-23-7-9-24(10-8-23)20(25)18-6-5-15(21)13-19(18)22/h2-6,13-14H,7-12H2,1H3. The van der Waals surface area contributed by atoms with Gasteiger partial charge in [0, 0.05) is 37.7 Å². The Hall–Kier alpha value is -1.80. The molecule has 1 heterocycles. The summed E-state index contributed by atoms with van der Waals surface area (Å²) >= 11 is 12.0. The number of carbonyl (C=O) groups excluding carboxylic acids is 1. The van der Waals surface area contributed by atoms with Crippen molar-refractivity contribution in [3.05, 3.63) is 58.1 Å². The SMILES string of the molecule is COc1cccc(S(=O)(=O)CCN2CCN(C(=O)c3ccc(Cl)cc3Cl)CC2)c1. The Bertz CT molecular complexity index is 990. The smallest absolute Gasteiger partial charge is 0.255 e. The molecule has 1 aliphatic rings. The molecule has 0 radical (unpaired) electrons. The van der Waals surface area contributed by atoms with Gasteiger partial charge in [0.2, 0.25) is 0 Å². The lowest BCUT2D eigenvalue weighted by Crippen LogP contribution is -2.49. The molecule has 0 aliphatic carbocycles. The van der Waals surface area contributed by atoms with Crippen LogP contribution in [-0.4, -0.2) is 69.7 Å². The van der Waals surface area contributed by atoms with E-state index in [1.54, 1.807) is 41.3 Å². The van der Waals surface area contributed by atoms with Crippen molar-refractivity contribution in [1.82, 2.24) is 9.80 Å². The van der Waals surface area contributed by atoms with Crippen molar-refractivity contribution in [3.63, 3.8) is 0 Å². The third kappa shape index (κ3) is 5.42. The zero-order valence-electron chi connectivity index (χ0n) is 16.0. The van der Waals surface area contributed by atoms with Gasteiger partial charge in [0.1, 0.15) is 5.75 Å². The van der Waals surface area contributed by atoms with E-state index < -0.39 is 9.84 Å². The minimum Gasteiger partial charge on any atom is -0.497 e. The first-order valence-electron chi connectivity index (χ1n) is 9.13. The van der Waals surface area contributed by atoms with Gasteiger partial charge in [0.25, 0.3) is 5.91 Å². The first-order chi connectivity index (χ1) is 13.8. The topological polar surface area (TPSA) is 66.9 Å². The van der Waals surface area contributed by atoms with E-state index in [1.807, 2.05) is 4.90 Å². The molecule has 0 aromatic heterocycles. The van der Waals surface area contributed by atoms with Crippen molar-refractivity contribution < 1.29 is 17.9 Å². The van der Waals surface area contributed by atoms with Gasteiger partial charge in [-0.2, -0.15) is 0 Å². The Balaban J connectivity index is 1.55. The van der Waals surface area contributed by atoms with Crippen molar-refractivity contribution in [3.8, 4) is 5.75 Å². The number of hydrogen-bond donors (Lipinski definition) is 0.